The topological polar surface area (TPSA) is 90.3 Å². The van der Waals surface area contributed by atoms with Crippen molar-refractivity contribution in [1.82, 2.24) is 0 Å². The zero-order chi connectivity index (χ0) is 21.1. The standard InChI is InChI=1S/C23H19N3O3S/c24-16-17-6-3-10-20(14-17)25-23(27)19-8-4-11-21(15-19)30(28,29)26-13-5-9-18-7-1-2-12-22(18)26/h1-4,6-8,10-12,14-15H,5,9,13H2,(H,25,27). The molecule has 0 aromatic heterocycles. The Hall–Kier alpha value is -3.63. The quantitative estimate of drug-likeness (QED) is 0.696. The monoisotopic (exact) mass is 417 g/mol. The molecule has 3 aromatic carbocycles. The number of sulfonamides is 1. The smallest absolute Gasteiger partial charge is 0.264 e. The van der Waals surface area contributed by atoms with Gasteiger partial charge in [-0.25, -0.2) is 8.42 Å². The van der Waals surface area contributed by atoms with Gasteiger partial charge in [0.1, 0.15) is 0 Å². The Bertz CT molecular complexity index is 1260. The highest BCUT2D eigenvalue weighted by molar-refractivity contribution is 7.92. The fraction of sp³-hybridized carbons (Fsp3) is 0.130. The normalized spacial score (nSPS) is 13.2. The maximum absolute atomic E-state index is 13.3. The van der Waals surface area contributed by atoms with Crippen LogP contribution in [0.5, 0.6) is 0 Å². The number of benzene rings is 3. The lowest BCUT2D eigenvalue weighted by Gasteiger charge is -2.30. The van der Waals surface area contributed by atoms with Crippen molar-refractivity contribution in [2.45, 2.75) is 17.7 Å². The van der Waals surface area contributed by atoms with E-state index < -0.39 is 15.9 Å². The molecule has 0 saturated heterocycles. The number of amides is 1. The van der Waals surface area contributed by atoms with E-state index in [-0.39, 0.29) is 10.5 Å². The van der Waals surface area contributed by atoms with Crippen molar-refractivity contribution in [2.24, 2.45) is 0 Å². The lowest BCUT2D eigenvalue weighted by atomic mass is 10.0. The van der Waals surface area contributed by atoms with Gasteiger partial charge in [0.15, 0.2) is 0 Å². The average Bonchev–Trinajstić information content (AvgIpc) is 2.79. The highest BCUT2D eigenvalue weighted by atomic mass is 32.2. The fourth-order valence-corrected chi connectivity index (χ4v) is 5.13. The minimum atomic E-state index is -3.80. The van der Waals surface area contributed by atoms with Crippen LogP contribution in [0.3, 0.4) is 0 Å². The molecule has 0 saturated carbocycles. The Morgan fingerprint density at radius 2 is 1.80 bits per heavy atom. The number of hydrogen-bond acceptors (Lipinski definition) is 4. The second kappa shape index (κ2) is 8.01. The van der Waals surface area contributed by atoms with E-state index in [0.29, 0.717) is 23.5 Å². The van der Waals surface area contributed by atoms with Gasteiger partial charge in [-0.05, 0) is 60.9 Å². The SMILES string of the molecule is N#Cc1cccc(NC(=O)c2cccc(S(=O)(=O)N3CCCc4ccccc43)c2)c1. The first-order valence-electron chi connectivity index (χ1n) is 9.51. The predicted molar refractivity (Wildman–Crippen MR) is 115 cm³/mol. The van der Waals surface area contributed by atoms with Gasteiger partial charge in [0.2, 0.25) is 0 Å². The molecule has 1 N–H and O–H groups in total. The maximum Gasteiger partial charge on any atom is 0.264 e. The van der Waals surface area contributed by atoms with E-state index in [2.05, 4.69) is 5.32 Å². The molecule has 0 spiro atoms. The zero-order valence-electron chi connectivity index (χ0n) is 16.1. The third kappa shape index (κ3) is 3.78. The van der Waals surface area contributed by atoms with E-state index in [9.17, 15) is 13.2 Å². The molecule has 1 amide bonds. The average molecular weight is 417 g/mol. The van der Waals surface area contributed by atoms with Crippen LogP contribution in [0.2, 0.25) is 0 Å². The van der Waals surface area contributed by atoms with Crippen molar-refractivity contribution in [3.63, 3.8) is 0 Å². The van der Waals surface area contributed by atoms with Crippen LogP contribution < -0.4 is 9.62 Å². The number of aryl methyl sites for hydroxylation is 1. The minimum Gasteiger partial charge on any atom is -0.322 e. The van der Waals surface area contributed by atoms with Crippen LogP contribution >= 0.6 is 0 Å². The molecular weight excluding hydrogens is 398 g/mol. The van der Waals surface area contributed by atoms with Crippen molar-refractivity contribution in [3.05, 3.63) is 89.5 Å². The first-order valence-corrected chi connectivity index (χ1v) is 11.0. The molecule has 1 aliphatic rings. The van der Waals surface area contributed by atoms with E-state index in [1.807, 2.05) is 30.3 Å². The van der Waals surface area contributed by atoms with Crippen LogP contribution in [0.1, 0.15) is 27.9 Å². The van der Waals surface area contributed by atoms with Crippen LogP contribution in [0.4, 0.5) is 11.4 Å². The molecule has 0 aliphatic carbocycles. The van der Waals surface area contributed by atoms with Crippen molar-refractivity contribution >= 4 is 27.3 Å². The van der Waals surface area contributed by atoms with E-state index >= 15 is 0 Å². The highest BCUT2D eigenvalue weighted by Crippen LogP contribution is 2.32. The summed E-state index contributed by atoms with van der Waals surface area (Å²) in [4.78, 5) is 12.7. The molecule has 0 bridgehead atoms. The summed E-state index contributed by atoms with van der Waals surface area (Å²) in [6.45, 7) is 0.400. The summed E-state index contributed by atoms with van der Waals surface area (Å²) in [6.07, 6.45) is 1.58. The van der Waals surface area contributed by atoms with Gasteiger partial charge >= 0.3 is 0 Å². The Kier molecular flexibility index (Phi) is 5.25. The number of nitrogens with one attached hydrogen (secondary N) is 1. The molecule has 6 nitrogen and oxygen atoms in total. The molecule has 30 heavy (non-hydrogen) atoms. The van der Waals surface area contributed by atoms with Crippen LogP contribution in [0.15, 0.2) is 77.7 Å². The number of anilines is 2. The number of carbonyl (C=O) groups excluding carboxylic acids is 1. The van der Waals surface area contributed by atoms with Crippen LogP contribution in [0.25, 0.3) is 0 Å². The lowest BCUT2D eigenvalue weighted by Crippen LogP contribution is -2.35. The van der Waals surface area contributed by atoms with E-state index in [0.717, 1.165) is 18.4 Å². The zero-order valence-corrected chi connectivity index (χ0v) is 16.9. The third-order valence-corrected chi connectivity index (χ3v) is 6.81. The molecule has 4 rings (SSSR count). The van der Waals surface area contributed by atoms with Gasteiger partial charge in [-0.2, -0.15) is 5.26 Å². The second-order valence-corrected chi connectivity index (χ2v) is 8.85. The first-order chi connectivity index (χ1) is 14.5. The Balaban J connectivity index is 1.63. The number of carbonyl (C=O) groups is 1. The van der Waals surface area contributed by atoms with Gasteiger partial charge in [-0.3, -0.25) is 9.10 Å². The van der Waals surface area contributed by atoms with Crippen molar-refractivity contribution in [3.8, 4) is 6.07 Å². The lowest BCUT2D eigenvalue weighted by molar-refractivity contribution is 0.102. The van der Waals surface area contributed by atoms with Gasteiger partial charge in [0.25, 0.3) is 15.9 Å². The number of nitriles is 1. The second-order valence-electron chi connectivity index (χ2n) is 6.98. The molecule has 0 unspecified atom stereocenters. The number of para-hydroxylation sites is 1. The number of rotatable bonds is 4. The molecule has 1 aliphatic heterocycles. The summed E-state index contributed by atoms with van der Waals surface area (Å²) in [5, 5.41) is 11.7. The minimum absolute atomic E-state index is 0.0672. The molecule has 0 radical (unpaired) electrons. The predicted octanol–water partition coefficient (Wildman–Crippen LogP) is 3.95. The van der Waals surface area contributed by atoms with E-state index in [4.69, 9.17) is 5.26 Å². The van der Waals surface area contributed by atoms with Gasteiger partial charge in [-0.1, -0.05) is 30.3 Å². The van der Waals surface area contributed by atoms with E-state index in [1.165, 1.54) is 16.4 Å². The molecule has 0 fully saturated rings. The van der Waals surface area contributed by atoms with Gasteiger partial charge in [0, 0.05) is 17.8 Å². The van der Waals surface area contributed by atoms with Gasteiger partial charge < -0.3 is 5.32 Å². The molecule has 0 atom stereocenters. The molecule has 3 aromatic rings. The Labute approximate surface area is 175 Å². The number of hydrogen-bond donors (Lipinski definition) is 1. The third-order valence-electron chi connectivity index (χ3n) is 5.00. The summed E-state index contributed by atoms with van der Waals surface area (Å²) in [5.41, 5.74) is 2.81. The van der Waals surface area contributed by atoms with Crippen LogP contribution in [-0.4, -0.2) is 20.9 Å². The maximum atomic E-state index is 13.3. The molecule has 7 heteroatoms. The summed E-state index contributed by atoms with van der Waals surface area (Å²) in [7, 11) is -3.80. The Morgan fingerprint density at radius 3 is 2.63 bits per heavy atom. The number of fused-ring (bicyclic) bond motifs is 1. The van der Waals surface area contributed by atoms with Crippen molar-refractivity contribution < 1.29 is 13.2 Å². The van der Waals surface area contributed by atoms with Gasteiger partial charge in [0.05, 0.1) is 22.2 Å². The van der Waals surface area contributed by atoms with Crippen molar-refractivity contribution in [1.29, 1.82) is 5.26 Å². The summed E-state index contributed by atoms with van der Waals surface area (Å²) >= 11 is 0. The summed E-state index contributed by atoms with van der Waals surface area (Å²) < 4.78 is 28.1. The molecule has 150 valence electrons. The molecule has 1 heterocycles. The summed E-state index contributed by atoms with van der Waals surface area (Å²) in [6, 6.07) is 22.0. The Morgan fingerprint density at radius 1 is 1.00 bits per heavy atom. The highest BCUT2D eigenvalue weighted by Gasteiger charge is 2.29. The summed E-state index contributed by atoms with van der Waals surface area (Å²) in [5.74, 6) is -0.443. The van der Waals surface area contributed by atoms with Gasteiger partial charge in [-0.15, -0.1) is 0 Å². The fourth-order valence-electron chi connectivity index (χ4n) is 3.54. The van der Waals surface area contributed by atoms with Crippen molar-refractivity contribution in [2.75, 3.05) is 16.2 Å². The van der Waals surface area contributed by atoms with Crippen LogP contribution in [0, 0.1) is 11.3 Å². The molecular formula is C23H19N3O3S. The van der Waals surface area contributed by atoms with E-state index in [1.54, 1.807) is 36.4 Å². The first kappa shape index (κ1) is 19.7. The van der Waals surface area contributed by atoms with Crippen LogP contribution in [-0.2, 0) is 16.4 Å². The largest absolute Gasteiger partial charge is 0.322 e. The number of nitrogens with zero attached hydrogens (tertiary/aromatic N) is 2.